The molecule has 0 saturated carbocycles. The lowest BCUT2D eigenvalue weighted by molar-refractivity contribution is 1.30. The van der Waals surface area contributed by atoms with Crippen LogP contribution in [0, 0.1) is 0 Å². The van der Waals surface area contributed by atoms with Crippen molar-refractivity contribution in [3.63, 3.8) is 0 Å². The van der Waals surface area contributed by atoms with Gasteiger partial charge in [0.2, 0.25) is 0 Å². The van der Waals surface area contributed by atoms with Crippen LogP contribution in [0.2, 0.25) is 10.0 Å². The number of pyridine rings is 2. The average Bonchev–Trinajstić information content (AvgIpc) is 2.38. The smallest absolute Gasteiger partial charge is 0.135 e. The Morgan fingerprint density at radius 2 is 1.75 bits per heavy atom. The number of benzene rings is 1. The Morgan fingerprint density at radius 1 is 0.950 bits per heavy atom. The van der Waals surface area contributed by atoms with Gasteiger partial charge < -0.3 is 11.5 Å². The lowest BCUT2D eigenvalue weighted by atomic mass is 10.0. The number of anilines is 2. The molecule has 3 rings (SSSR count). The summed E-state index contributed by atoms with van der Waals surface area (Å²) in [6, 6.07) is 8.80. The minimum absolute atomic E-state index is 0.320. The molecule has 6 heteroatoms. The molecule has 0 radical (unpaired) electrons. The van der Waals surface area contributed by atoms with Crippen LogP contribution in [-0.4, -0.2) is 9.97 Å². The van der Waals surface area contributed by atoms with Crippen LogP contribution in [0.1, 0.15) is 0 Å². The van der Waals surface area contributed by atoms with Gasteiger partial charge in [-0.15, -0.1) is 0 Å². The molecule has 4 nitrogen and oxygen atoms in total. The molecule has 0 aliphatic carbocycles. The number of rotatable bonds is 1. The van der Waals surface area contributed by atoms with E-state index < -0.39 is 0 Å². The van der Waals surface area contributed by atoms with Crippen LogP contribution >= 0.6 is 23.2 Å². The highest BCUT2D eigenvalue weighted by Crippen LogP contribution is 2.35. The number of nitrogen functional groups attached to an aromatic ring is 2. The van der Waals surface area contributed by atoms with Crippen molar-refractivity contribution in [2.45, 2.75) is 0 Å². The van der Waals surface area contributed by atoms with Gasteiger partial charge in [0.1, 0.15) is 11.6 Å². The second-order valence-corrected chi connectivity index (χ2v) is 5.15. The molecule has 3 aromatic rings. The molecular formula is C14H10Cl2N4. The predicted molar refractivity (Wildman–Crippen MR) is 83.8 cm³/mol. The van der Waals surface area contributed by atoms with Crippen molar-refractivity contribution in [3.8, 4) is 11.3 Å². The highest BCUT2D eigenvalue weighted by atomic mass is 35.5. The Labute approximate surface area is 125 Å². The first kappa shape index (κ1) is 13.0. The maximum atomic E-state index is 6.21. The third-order valence-corrected chi connectivity index (χ3v) is 3.53. The van der Waals surface area contributed by atoms with Crippen LogP contribution in [0.3, 0.4) is 0 Å². The number of nitrogens with zero attached hydrogens (tertiary/aromatic N) is 2. The summed E-state index contributed by atoms with van der Waals surface area (Å²) in [5, 5.41) is 2.79. The van der Waals surface area contributed by atoms with E-state index in [0.29, 0.717) is 32.9 Å². The fourth-order valence-corrected chi connectivity index (χ4v) is 2.67. The maximum Gasteiger partial charge on any atom is 0.135 e. The molecule has 4 N–H and O–H groups in total. The fraction of sp³-hybridized carbons (Fsp3) is 0. The summed E-state index contributed by atoms with van der Waals surface area (Å²) in [5.41, 5.74) is 12.9. The highest BCUT2D eigenvalue weighted by molar-refractivity contribution is 6.39. The summed E-state index contributed by atoms with van der Waals surface area (Å²) in [5.74, 6) is 0.684. The van der Waals surface area contributed by atoms with E-state index in [0.717, 1.165) is 10.8 Å². The first-order valence-corrected chi connectivity index (χ1v) is 6.58. The zero-order chi connectivity index (χ0) is 14.3. The largest absolute Gasteiger partial charge is 0.384 e. The predicted octanol–water partition coefficient (Wildman–Crippen LogP) is 3.77. The molecule has 2 aromatic heterocycles. The van der Waals surface area contributed by atoms with Crippen LogP contribution < -0.4 is 11.5 Å². The Bertz CT molecular complexity index is 818. The molecule has 0 bridgehead atoms. The number of fused-ring (bicyclic) bond motifs is 1. The van der Waals surface area contributed by atoms with E-state index in [-0.39, 0.29) is 0 Å². The SMILES string of the molecule is Nc1ccc(-c2nccc3c(Cl)cc(Cl)cc23)c(N)n1. The second kappa shape index (κ2) is 4.81. The highest BCUT2D eigenvalue weighted by Gasteiger charge is 2.12. The molecule has 0 aliphatic heterocycles. The van der Waals surface area contributed by atoms with Crippen LogP contribution in [0.5, 0.6) is 0 Å². The van der Waals surface area contributed by atoms with Crippen LogP contribution in [0.4, 0.5) is 11.6 Å². The van der Waals surface area contributed by atoms with Gasteiger partial charge in [0.05, 0.1) is 10.7 Å². The molecule has 2 heterocycles. The molecule has 0 amide bonds. The van der Waals surface area contributed by atoms with Crippen LogP contribution in [-0.2, 0) is 0 Å². The third-order valence-electron chi connectivity index (χ3n) is 3.00. The van der Waals surface area contributed by atoms with E-state index in [2.05, 4.69) is 9.97 Å². The van der Waals surface area contributed by atoms with E-state index in [1.54, 1.807) is 30.5 Å². The van der Waals surface area contributed by atoms with Gasteiger partial charge in [-0.1, -0.05) is 23.2 Å². The summed E-state index contributed by atoms with van der Waals surface area (Å²) in [6.45, 7) is 0. The number of aromatic nitrogens is 2. The maximum absolute atomic E-state index is 6.21. The molecule has 1 aromatic carbocycles. The standard InChI is InChI=1S/C14H10Cl2N4/c15-7-5-10-8(11(16)6-7)3-4-19-13(10)9-1-2-12(17)20-14(9)18/h1-6H,(H4,17,18,20). The summed E-state index contributed by atoms with van der Waals surface area (Å²) in [4.78, 5) is 8.42. The van der Waals surface area contributed by atoms with Gasteiger partial charge in [0.15, 0.2) is 0 Å². The zero-order valence-corrected chi connectivity index (χ0v) is 11.8. The minimum atomic E-state index is 0.320. The first-order valence-electron chi connectivity index (χ1n) is 5.82. The van der Waals surface area contributed by atoms with Crippen molar-refractivity contribution in [3.05, 3.63) is 46.6 Å². The van der Waals surface area contributed by atoms with E-state index in [4.69, 9.17) is 34.7 Å². The van der Waals surface area contributed by atoms with Gasteiger partial charge in [0.25, 0.3) is 0 Å². The summed E-state index contributed by atoms with van der Waals surface area (Å²) in [6.07, 6.45) is 1.67. The summed E-state index contributed by atoms with van der Waals surface area (Å²) < 4.78 is 0. The van der Waals surface area contributed by atoms with E-state index >= 15 is 0 Å². The Hall–Kier alpha value is -2.04. The number of halogens is 2. The Balaban J connectivity index is 2.36. The first-order chi connectivity index (χ1) is 9.56. The molecule has 0 fully saturated rings. The lowest BCUT2D eigenvalue weighted by Crippen LogP contribution is -1.99. The Morgan fingerprint density at radius 3 is 2.50 bits per heavy atom. The van der Waals surface area contributed by atoms with Gasteiger partial charge in [-0.25, -0.2) is 4.98 Å². The van der Waals surface area contributed by atoms with E-state index in [9.17, 15) is 0 Å². The normalized spacial score (nSPS) is 10.9. The minimum Gasteiger partial charge on any atom is -0.384 e. The van der Waals surface area contributed by atoms with Gasteiger partial charge in [0, 0.05) is 27.6 Å². The monoisotopic (exact) mass is 304 g/mol. The van der Waals surface area contributed by atoms with E-state index in [1.165, 1.54) is 0 Å². The Kier molecular flexibility index (Phi) is 3.12. The average molecular weight is 305 g/mol. The molecule has 20 heavy (non-hydrogen) atoms. The summed E-state index contributed by atoms with van der Waals surface area (Å²) >= 11 is 12.3. The summed E-state index contributed by atoms with van der Waals surface area (Å²) in [7, 11) is 0. The number of hydrogen-bond donors (Lipinski definition) is 2. The number of nitrogens with two attached hydrogens (primary N) is 2. The van der Waals surface area contributed by atoms with Gasteiger partial charge in [-0.2, -0.15) is 0 Å². The molecule has 0 spiro atoms. The third kappa shape index (κ3) is 2.13. The van der Waals surface area contributed by atoms with Crippen LogP contribution in [0.25, 0.3) is 22.0 Å². The van der Waals surface area contributed by atoms with Crippen molar-refractivity contribution in [2.75, 3.05) is 11.5 Å². The molecular weight excluding hydrogens is 295 g/mol. The molecule has 100 valence electrons. The van der Waals surface area contributed by atoms with Gasteiger partial charge in [-0.3, -0.25) is 4.98 Å². The lowest BCUT2D eigenvalue weighted by Gasteiger charge is -2.09. The van der Waals surface area contributed by atoms with E-state index in [1.807, 2.05) is 6.07 Å². The fourth-order valence-electron chi connectivity index (χ4n) is 2.11. The van der Waals surface area contributed by atoms with Crippen molar-refractivity contribution >= 4 is 45.6 Å². The van der Waals surface area contributed by atoms with Gasteiger partial charge >= 0.3 is 0 Å². The molecule has 0 saturated heterocycles. The van der Waals surface area contributed by atoms with Crippen LogP contribution in [0.15, 0.2) is 36.5 Å². The second-order valence-electron chi connectivity index (χ2n) is 4.31. The quantitative estimate of drug-likeness (QED) is 0.717. The molecule has 0 aliphatic rings. The number of hydrogen-bond acceptors (Lipinski definition) is 4. The molecule has 0 unspecified atom stereocenters. The van der Waals surface area contributed by atoms with Crippen molar-refractivity contribution < 1.29 is 0 Å². The van der Waals surface area contributed by atoms with Crippen molar-refractivity contribution in [1.82, 2.24) is 9.97 Å². The van der Waals surface area contributed by atoms with Gasteiger partial charge in [-0.05, 0) is 30.3 Å². The zero-order valence-electron chi connectivity index (χ0n) is 10.3. The topological polar surface area (TPSA) is 77.8 Å². The van der Waals surface area contributed by atoms with Crippen molar-refractivity contribution in [2.24, 2.45) is 0 Å². The molecule has 0 atom stereocenters. The van der Waals surface area contributed by atoms with Crippen molar-refractivity contribution in [1.29, 1.82) is 0 Å².